The summed E-state index contributed by atoms with van der Waals surface area (Å²) in [6.07, 6.45) is 1.15. The summed E-state index contributed by atoms with van der Waals surface area (Å²) >= 11 is 1.37. The third-order valence-electron chi connectivity index (χ3n) is 2.62. The number of carboxylic acids is 1. The molecule has 2 aliphatic rings. The van der Waals surface area contributed by atoms with Crippen molar-refractivity contribution in [3.8, 4) is 6.07 Å². The first kappa shape index (κ1) is 12.4. The molecule has 8 heteroatoms. The number of nitrogens with one attached hydrogen (secondary N) is 1. The maximum absolute atomic E-state index is 11.8. The third-order valence-corrected chi connectivity index (χ3v) is 3.81. The molecule has 0 unspecified atom stereocenters. The van der Waals surface area contributed by atoms with E-state index < -0.39 is 29.2 Å². The van der Waals surface area contributed by atoms with E-state index in [0.717, 1.165) is 4.90 Å². The lowest BCUT2D eigenvalue weighted by Gasteiger charge is -2.48. The van der Waals surface area contributed by atoms with Gasteiger partial charge in [0.15, 0.2) is 0 Å². The molecule has 1 fully saturated rings. The highest BCUT2D eigenvalue weighted by Gasteiger charge is 2.52. The number of hydrogen-bond donors (Lipinski definition) is 2. The summed E-state index contributed by atoms with van der Waals surface area (Å²) in [6.45, 7) is 0. The largest absolute Gasteiger partial charge is 0.477 e. The molecule has 0 saturated carbocycles. The summed E-state index contributed by atoms with van der Waals surface area (Å²) in [6, 6.07) is 0.949. The van der Waals surface area contributed by atoms with Crippen LogP contribution in [0.4, 0.5) is 0 Å². The van der Waals surface area contributed by atoms with Gasteiger partial charge in [-0.3, -0.25) is 14.5 Å². The Balaban J connectivity index is 2.07. The quantitative estimate of drug-likeness (QED) is 0.652. The molecule has 1 saturated heterocycles. The summed E-state index contributed by atoms with van der Waals surface area (Å²) in [5.41, 5.74) is -0.0467. The number of nitriles is 1. The van der Waals surface area contributed by atoms with Gasteiger partial charge in [0.2, 0.25) is 5.91 Å². The minimum Gasteiger partial charge on any atom is -0.477 e. The lowest BCUT2D eigenvalue weighted by Crippen LogP contribution is -2.70. The summed E-state index contributed by atoms with van der Waals surface area (Å²) < 4.78 is 0. The van der Waals surface area contributed by atoms with Crippen LogP contribution >= 0.6 is 11.8 Å². The van der Waals surface area contributed by atoms with Crippen molar-refractivity contribution >= 4 is 29.5 Å². The van der Waals surface area contributed by atoms with Crippen molar-refractivity contribution in [1.82, 2.24) is 10.2 Å². The number of carbonyl (C=O) groups excluding carboxylic acids is 2. The molecule has 2 heterocycles. The Hall–Kier alpha value is -2.01. The minimum absolute atomic E-state index is 0.0467. The molecule has 0 bridgehead atoms. The van der Waals surface area contributed by atoms with Crippen LogP contribution in [0, 0.1) is 11.3 Å². The Morgan fingerprint density at radius 2 is 2.39 bits per heavy atom. The van der Waals surface area contributed by atoms with Gasteiger partial charge in [-0.15, -0.1) is 11.8 Å². The lowest BCUT2D eigenvalue weighted by molar-refractivity contribution is -0.150. The van der Waals surface area contributed by atoms with Gasteiger partial charge in [0.25, 0.3) is 5.91 Å². The summed E-state index contributed by atoms with van der Waals surface area (Å²) in [5.74, 6) is -1.66. The van der Waals surface area contributed by atoms with Gasteiger partial charge < -0.3 is 10.4 Å². The van der Waals surface area contributed by atoms with Gasteiger partial charge in [-0.05, 0) is 6.08 Å². The molecule has 0 aromatic heterocycles. The second kappa shape index (κ2) is 4.70. The van der Waals surface area contributed by atoms with Crippen LogP contribution in [0.2, 0.25) is 0 Å². The van der Waals surface area contributed by atoms with E-state index in [2.05, 4.69) is 5.32 Å². The highest BCUT2D eigenvalue weighted by molar-refractivity contribution is 8.00. The normalized spacial score (nSPS) is 25.4. The van der Waals surface area contributed by atoms with E-state index >= 15 is 0 Å². The number of carbonyl (C=O) groups is 3. The maximum Gasteiger partial charge on any atom is 0.352 e. The van der Waals surface area contributed by atoms with Crippen molar-refractivity contribution in [3.05, 3.63) is 11.8 Å². The fourth-order valence-corrected chi connectivity index (χ4v) is 3.03. The zero-order valence-electron chi connectivity index (χ0n) is 9.12. The molecular formula is C10H9N3O4S. The number of fused-ring (bicyclic) bond motifs is 1. The van der Waals surface area contributed by atoms with Gasteiger partial charge >= 0.3 is 5.97 Å². The molecule has 0 aromatic carbocycles. The molecule has 18 heavy (non-hydrogen) atoms. The number of thioether (sulfide) groups is 1. The second-order valence-corrected chi connectivity index (χ2v) is 4.86. The van der Waals surface area contributed by atoms with Crippen molar-refractivity contribution in [1.29, 1.82) is 5.26 Å². The van der Waals surface area contributed by atoms with Crippen molar-refractivity contribution in [2.24, 2.45) is 0 Å². The van der Waals surface area contributed by atoms with Crippen LogP contribution in [0.5, 0.6) is 0 Å². The second-order valence-electron chi connectivity index (χ2n) is 3.71. The average molecular weight is 267 g/mol. The fraction of sp³-hybridized carbons (Fsp3) is 0.400. The number of amides is 2. The molecule has 94 valence electrons. The predicted molar refractivity (Wildman–Crippen MR) is 61.0 cm³/mol. The lowest BCUT2D eigenvalue weighted by atomic mass is 10.1. The number of hydrogen-bond acceptors (Lipinski definition) is 5. The molecule has 0 aromatic rings. The summed E-state index contributed by atoms with van der Waals surface area (Å²) in [7, 11) is 0. The van der Waals surface area contributed by atoms with Crippen molar-refractivity contribution < 1.29 is 19.5 Å². The van der Waals surface area contributed by atoms with Gasteiger partial charge in [0.1, 0.15) is 23.5 Å². The first-order valence-corrected chi connectivity index (χ1v) is 6.15. The Kier molecular flexibility index (Phi) is 3.25. The van der Waals surface area contributed by atoms with E-state index in [1.165, 1.54) is 17.8 Å². The van der Waals surface area contributed by atoms with Crippen LogP contribution in [0.1, 0.15) is 6.42 Å². The molecule has 0 aliphatic carbocycles. The van der Waals surface area contributed by atoms with E-state index in [1.54, 1.807) is 6.07 Å². The van der Waals surface area contributed by atoms with Crippen molar-refractivity contribution in [2.45, 2.75) is 17.8 Å². The minimum atomic E-state index is -1.16. The van der Waals surface area contributed by atoms with Crippen LogP contribution in [0.25, 0.3) is 0 Å². The number of nitrogens with zero attached hydrogens (tertiary/aromatic N) is 2. The molecule has 2 atom stereocenters. The van der Waals surface area contributed by atoms with E-state index in [1.807, 2.05) is 0 Å². The van der Waals surface area contributed by atoms with Crippen LogP contribution in [0.3, 0.4) is 0 Å². The molecule has 0 radical (unpaired) electrons. The fourth-order valence-electron chi connectivity index (χ4n) is 1.83. The number of rotatable bonds is 3. The Bertz CT molecular complexity index is 496. The predicted octanol–water partition coefficient (Wildman–Crippen LogP) is -0.732. The highest BCUT2D eigenvalue weighted by atomic mass is 32.2. The Labute approximate surface area is 106 Å². The number of carboxylic acid groups (broad SMARTS) is 1. The monoisotopic (exact) mass is 267 g/mol. The Morgan fingerprint density at radius 1 is 1.67 bits per heavy atom. The van der Waals surface area contributed by atoms with Crippen molar-refractivity contribution in [3.63, 3.8) is 0 Å². The van der Waals surface area contributed by atoms with E-state index in [4.69, 9.17) is 10.4 Å². The first-order chi connectivity index (χ1) is 8.56. The standard InChI is InChI=1S/C10H9N3O4S/c11-3-1-6(14)12-7-8(15)13-5(10(16)17)2-4-18-9(7)13/h2,7,9H,1,4H2,(H,12,14)(H,16,17)/t7-,9+/m1/s1. The number of aliphatic carboxylic acids is 1. The summed E-state index contributed by atoms with van der Waals surface area (Å²) in [5, 5.41) is 19.3. The van der Waals surface area contributed by atoms with E-state index in [9.17, 15) is 14.4 Å². The van der Waals surface area contributed by atoms with Crippen LogP contribution < -0.4 is 5.32 Å². The van der Waals surface area contributed by atoms with Crippen LogP contribution in [-0.4, -0.2) is 45.0 Å². The topological polar surface area (TPSA) is 111 Å². The smallest absolute Gasteiger partial charge is 0.352 e. The van der Waals surface area contributed by atoms with Crippen LogP contribution in [0.15, 0.2) is 11.8 Å². The average Bonchev–Trinajstić information content (AvgIpc) is 2.35. The summed E-state index contributed by atoms with van der Waals surface area (Å²) in [4.78, 5) is 35.1. The zero-order chi connectivity index (χ0) is 13.3. The van der Waals surface area contributed by atoms with Gasteiger partial charge in [0.05, 0.1) is 6.07 Å². The molecular weight excluding hydrogens is 258 g/mol. The zero-order valence-corrected chi connectivity index (χ0v) is 9.94. The molecule has 2 aliphatic heterocycles. The molecule has 2 rings (SSSR count). The first-order valence-electron chi connectivity index (χ1n) is 5.10. The van der Waals surface area contributed by atoms with Gasteiger partial charge in [-0.25, -0.2) is 4.79 Å². The Morgan fingerprint density at radius 3 is 3.00 bits per heavy atom. The van der Waals surface area contributed by atoms with Gasteiger partial charge in [0, 0.05) is 5.75 Å². The molecule has 0 spiro atoms. The van der Waals surface area contributed by atoms with Crippen molar-refractivity contribution in [2.75, 3.05) is 5.75 Å². The van der Waals surface area contributed by atoms with Gasteiger partial charge in [-0.2, -0.15) is 5.26 Å². The van der Waals surface area contributed by atoms with E-state index in [0.29, 0.717) is 5.75 Å². The maximum atomic E-state index is 11.8. The van der Waals surface area contributed by atoms with Crippen LogP contribution in [-0.2, 0) is 14.4 Å². The van der Waals surface area contributed by atoms with E-state index in [-0.39, 0.29) is 12.1 Å². The molecule has 2 amide bonds. The SMILES string of the molecule is N#CCC(=O)N[C@@H]1C(=O)N2C(C(=O)O)=CCS[C@@H]12. The highest BCUT2D eigenvalue weighted by Crippen LogP contribution is 2.37. The third kappa shape index (κ3) is 1.93. The molecule has 7 nitrogen and oxygen atoms in total. The number of β-lactam (4-membered cyclic amide) rings is 1. The molecule has 2 N–H and O–H groups in total. The van der Waals surface area contributed by atoms with Gasteiger partial charge in [-0.1, -0.05) is 0 Å².